The fraction of sp³-hybridized carbons (Fsp3) is 0.500. The number of hydrazine groups is 2. The van der Waals surface area contributed by atoms with Crippen LogP contribution in [0.25, 0.3) is 0 Å². The normalized spacial score (nSPS) is 16.7. The van der Waals surface area contributed by atoms with Crippen LogP contribution in [-0.4, -0.2) is 23.1 Å². The third-order valence-corrected chi connectivity index (χ3v) is 1.85. The maximum absolute atomic E-state index is 5.60. The number of hydrogen-bond acceptors (Lipinski definition) is 6. The molecule has 0 fully saturated rings. The molecule has 5 nitrogen and oxygen atoms in total. The lowest BCUT2D eigenvalue weighted by Crippen LogP contribution is -2.47. The van der Waals surface area contributed by atoms with Crippen LogP contribution in [0.2, 0.25) is 0 Å². The van der Waals surface area contributed by atoms with Gasteiger partial charge in [-0.05, 0) is 6.26 Å². The van der Waals surface area contributed by atoms with E-state index in [-0.39, 0.29) is 0 Å². The first-order valence-electron chi connectivity index (χ1n) is 3.66. The minimum Gasteiger partial charge on any atom is -0.384 e. The molecule has 1 rings (SSSR count). The molecule has 4 N–H and O–H groups in total. The van der Waals surface area contributed by atoms with Crippen LogP contribution in [0, 0.1) is 0 Å². The molecule has 0 unspecified atom stereocenters. The summed E-state index contributed by atoms with van der Waals surface area (Å²) in [5, 5.41) is 6.57. The summed E-state index contributed by atoms with van der Waals surface area (Å²) < 4.78 is 0. The first kappa shape index (κ1) is 9.21. The molecule has 1 heterocycles. The highest BCUT2D eigenvalue weighted by atomic mass is 32.2. The number of hydrazone groups is 1. The first-order chi connectivity index (χ1) is 5.76. The molecule has 0 radical (unpaired) electrons. The van der Waals surface area contributed by atoms with Crippen LogP contribution in [0.4, 0.5) is 0 Å². The van der Waals surface area contributed by atoms with E-state index in [2.05, 4.69) is 16.0 Å². The molecule has 0 aromatic heterocycles. The molecule has 0 aliphatic carbocycles. The van der Waals surface area contributed by atoms with Gasteiger partial charge in [-0.3, -0.25) is 5.43 Å². The Kier molecular flexibility index (Phi) is 3.24. The Labute approximate surface area is 76.0 Å². The molecule has 6 heteroatoms. The van der Waals surface area contributed by atoms with Crippen LogP contribution in [-0.2, 0) is 0 Å². The zero-order valence-electron chi connectivity index (χ0n) is 7.16. The van der Waals surface area contributed by atoms with E-state index < -0.39 is 0 Å². The minimum atomic E-state index is 0.593. The van der Waals surface area contributed by atoms with E-state index in [1.807, 2.05) is 13.2 Å². The number of nitrogens with two attached hydrogens (primary N) is 1. The van der Waals surface area contributed by atoms with Gasteiger partial charge in [0.15, 0.2) is 0 Å². The topological polar surface area (TPSA) is 65.7 Å². The van der Waals surface area contributed by atoms with Crippen molar-refractivity contribution in [3.63, 3.8) is 0 Å². The van der Waals surface area contributed by atoms with Crippen LogP contribution in [0.5, 0.6) is 0 Å². The average Bonchev–Trinajstić information content (AvgIpc) is 2.04. The van der Waals surface area contributed by atoms with Crippen molar-refractivity contribution in [1.82, 2.24) is 16.1 Å². The standard InChI is InChI=1S/C6H13N5S/c1-3-8-11-9-5(7)4-6(10-11)12-2/h4,8-9H,3,7H2,1-2H3. The maximum Gasteiger partial charge on any atom is 0.123 e. The Morgan fingerprint density at radius 3 is 3.17 bits per heavy atom. The molecule has 0 aromatic rings. The molecule has 0 saturated heterocycles. The molecule has 68 valence electrons. The largest absolute Gasteiger partial charge is 0.384 e. The van der Waals surface area contributed by atoms with Gasteiger partial charge >= 0.3 is 0 Å². The highest BCUT2D eigenvalue weighted by molar-refractivity contribution is 8.13. The summed E-state index contributed by atoms with van der Waals surface area (Å²) in [7, 11) is 0. The van der Waals surface area contributed by atoms with Crippen molar-refractivity contribution in [3.05, 3.63) is 11.9 Å². The number of thioether (sulfide) groups is 1. The summed E-state index contributed by atoms with van der Waals surface area (Å²) in [6, 6.07) is 0. The van der Waals surface area contributed by atoms with Crippen molar-refractivity contribution in [1.29, 1.82) is 0 Å². The van der Waals surface area contributed by atoms with E-state index in [4.69, 9.17) is 5.73 Å². The molecular formula is C6H13N5S. The molecule has 0 atom stereocenters. The number of hydrogen-bond donors (Lipinski definition) is 3. The van der Waals surface area contributed by atoms with Gasteiger partial charge < -0.3 is 5.73 Å². The van der Waals surface area contributed by atoms with Crippen molar-refractivity contribution in [2.45, 2.75) is 6.92 Å². The Balaban J connectivity index is 2.60. The summed E-state index contributed by atoms with van der Waals surface area (Å²) in [4.78, 5) is 0. The van der Waals surface area contributed by atoms with Crippen molar-refractivity contribution in [3.8, 4) is 0 Å². The molecule has 1 aliphatic rings. The highest BCUT2D eigenvalue weighted by Crippen LogP contribution is 2.05. The summed E-state index contributed by atoms with van der Waals surface area (Å²) in [5.41, 5.74) is 11.4. The maximum atomic E-state index is 5.60. The summed E-state index contributed by atoms with van der Waals surface area (Å²) in [6.07, 6.45) is 3.75. The van der Waals surface area contributed by atoms with Gasteiger partial charge in [0.05, 0.1) is 0 Å². The van der Waals surface area contributed by atoms with Gasteiger partial charge in [0.2, 0.25) is 0 Å². The van der Waals surface area contributed by atoms with Crippen molar-refractivity contribution < 1.29 is 0 Å². The van der Waals surface area contributed by atoms with Crippen LogP contribution in [0.15, 0.2) is 17.0 Å². The lowest BCUT2D eigenvalue weighted by Gasteiger charge is -2.24. The van der Waals surface area contributed by atoms with Crippen LogP contribution >= 0.6 is 11.8 Å². The Morgan fingerprint density at radius 2 is 2.58 bits per heavy atom. The van der Waals surface area contributed by atoms with E-state index in [9.17, 15) is 0 Å². The Hall–Kier alpha value is -0.880. The van der Waals surface area contributed by atoms with Crippen molar-refractivity contribution in [2.75, 3.05) is 12.8 Å². The second kappa shape index (κ2) is 4.22. The Bertz CT molecular complexity index is 212. The highest BCUT2D eigenvalue weighted by Gasteiger charge is 2.07. The predicted octanol–water partition coefficient (Wildman–Crippen LogP) is -0.192. The van der Waals surface area contributed by atoms with E-state index >= 15 is 0 Å². The van der Waals surface area contributed by atoms with E-state index in [1.54, 1.807) is 17.8 Å². The van der Waals surface area contributed by atoms with Gasteiger partial charge in [0, 0.05) is 12.6 Å². The summed E-state index contributed by atoms with van der Waals surface area (Å²) in [5.74, 6) is 0.593. The van der Waals surface area contributed by atoms with Gasteiger partial charge in [-0.1, -0.05) is 6.92 Å². The molecule has 0 amide bonds. The molecule has 1 aliphatic heterocycles. The fourth-order valence-electron chi connectivity index (χ4n) is 0.764. The lowest BCUT2D eigenvalue weighted by molar-refractivity contribution is 0.140. The van der Waals surface area contributed by atoms with E-state index in [0.717, 1.165) is 11.6 Å². The van der Waals surface area contributed by atoms with Crippen molar-refractivity contribution in [2.24, 2.45) is 10.8 Å². The monoisotopic (exact) mass is 187 g/mol. The number of rotatable bonds is 2. The quantitative estimate of drug-likeness (QED) is 0.559. The van der Waals surface area contributed by atoms with Crippen molar-refractivity contribution >= 4 is 16.8 Å². The van der Waals surface area contributed by atoms with Crippen LogP contribution in [0.1, 0.15) is 6.92 Å². The summed E-state index contributed by atoms with van der Waals surface area (Å²) >= 11 is 1.55. The fourth-order valence-corrected chi connectivity index (χ4v) is 1.17. The molecular weight excluding hydrogens is 174 g/mol. The SMILES string of the molecule is CCNN1N=C(SC)C=C(N)N1. The zero-order valence-corrected chi connectivity index (χ0v) is 7.98. The third-order valence-electron chi connectivity index (χ3n) is 1.23. The van der Waals surface area contributed by atoms with Crippen LogP contribution < -0.4 is 16.6 Å². The number of nitrogens with one attached hydrogen (secondary N) is 2. The van der Waals surface area contributed by atoms with Gasteiger partial charge in [-0.25, -0.2) is 0 Å². The van der Waals surface area contributed by atoms with Gasteiger partial charge in [-0.15, -0.1) is 22.1 Å². The number of nitrogens with zero attached hydrogens (tertiary/aromatic N) is 2. The molecule has 0 spiro atoms. The van der Waals surface area contributed by atoms with E-state index in [0.29, 0.717) is 5.82 Å². The first-order valence-corrected chi connectivity index (χ1v) is 4.88. The molecule has 0 bridgehead atoms. The van der Waals surface area contributed by atoms with Crippen LogP contribution in [0.3, 0.4) is 0 Å². The zero-order chi connectivity index (χ0) is 8.97. The predicted molar refractivity (Wildman–Crippen MR) is 51.9 cm³/mol. The second-order valence-electron chi connectivity index (χ2n) is 2.18. The Morgan fingerprint density at radius 1 is 1.83 bits per heavy atom. The smallest absolute Gasteiger partial charge is 0.123 e. The minimum absolute atomic E-state index is 0.593. The lowest BCUT2D eigenvalue weighted by atomic mass is 10.6. The molecule has 0 aromatic carbocycles. The van der Waals surface area contributed by atoms with E-state index in [1.165, 1.54) is 5.23 Å². The van der Waals surface area contributed by atoms with Gasteiger partial charge in [0.25, 0.3) is 0 Å². The average molecular weight is 187 g/mol. The summed E-state index contributed by atoms with van der Waals surface area (Å²) in [6.45, 7) is 2.79. The van der Waals surface area contributed by atoms with Gasteiger partial charge in [-0.2, -0.15) is 5.43 Å². The molecule has 0 saturated carbocycles. The van der Waals surface area contributed by atoms with Gasteiger partial charge in [0.1, 0.15) is 10.9 Å². The molecule has 12 heavy (non-hydrogen) atoms. The second-order valence-corrected chi connectivity index (χ2v) is 3.00. The third kappa shape index (κ3) is 2.31.